The zero-order valence-electron chi connectivity index (χ0n) is 13.6. The third-order valence-electron chi connectivity index (χ3n) is 3.73. The minimum Gasteiger partial charge on any atom is -0.469 e. The van der Waals surface area contributed by atoms with Gasteiger partial charge in [0, 0.05) is 17.1 Å². The number of ether oxygens (including phenoxy) is 1. The number of hydrogen-bond donors (Lipinski definition) is 1. The van der Waals surface area contributed by atoms with Gasteiger partial charge in [-0.05, 0) is 43.8 Å². The van der Waals surface area contributed by atoms with E-state index in [1.54, 1.807) is 0 Å². The van der Waals surface area contributed by atoms with Gasteiger partial charge in [0.2, 0.25) is 0 Å². The van der Waals surface area contributed by atoms with Gasteiger partial charge in [0.15, 0.2) is 8.32 Å². The molecule has 1 heterocycles. The van der Waals surface area contributed by atoms with Gasteiger partial charge in [-0.3, -0.25) is 4.79 Å². The van der Waals surface area contributed by atoms with E-state index in [0.717, 1.165) is 23.0 Å². The Morgan fingerprint density at radius 2 is 1.95 bits per heavy atom. The smallest absolute Gasteiger partial charge is 0.314 e. The summed E-state index contributed by atoms with van der Waals surface area (Å²) < 4.78 is 12.2. The van der Waals surface area contributed by atoms with Gasteiger partial charge in [0.05, 0.1) is 19.1 Å². The van der Waals surface area contributed by atoms with Crippen molar-refractivity contribution in [1.82, 2.24) is 5.32 Å². The summed E-state index contributed by atoms with van der Waals surface area (Å²) in [6.07, 6.45) is 1.01. The van der Waals surface area contributed by atoms with Gasteiger partial charge >= 0.3 is 5.97 Å². The molecule has 1 N–H and O–H groups in total. The summed E-state index contributed by atoms with van der Waals surface area (Å²) in [7, 11) is -0.128. The molecule has 22 heavy (non-hydrogen) atoms. The average Bonchev–Trinajstić information content (AvgIpc) is 2.87. The van der Waals surface area contributed by atoms with Crippen LogP contribution in [-0.4, -0.2) is 40.1 Å². The van der Waals surface area contributed by atoms with Crippen LogP contribution in [0.1, 0.15) is 17.9 Å². The number of hydrogen-bond acceptors (Lipinski definition) is 4. The molecule has 1 aromatic rings. The molecule has 4 nitrogen and oxygen atoms in total. The summed E-state index contributed by atoms with van der Waals surface area (Å²) in [5.74, 6) is -0.498. The van der Waals surface area contributed by atoms with Crippen LogP contribution in [0.4, 0.5) is 0 Å². The fraction of sp³-hybridized carbons (Fsp3) is 0.562. The van der Waals surface area contributed by atoms with Crippen molar-refractivity contribution in [1.29, 1.82) is 0 Å². The molecule has 0 amide bonds. The van der Waals surface area contributed by atoms with Crippen LogP contribution in [0.15, 0.2) is 28.7 Å². The molecular weight excluding hydrogens is 362 g/mol. The van der Waals surface area contributed by atoms with Gasteiger partial charge < -0.3 is 14.5 Å². The van der Waals surface area contributed by atoms with E-state index in [-0.39, 0.29) is 24.0 Å². The monoisotopic (exact) mass is 385 g/mol. The topological polar surface area (TPSA) is 47.6 Å². The minimum atomic E-state index is -1.57. The Hall–Kier alpha value is -0.693. The van der Waals surface area contributed by atoms with Crippen molar-refractivity contribution in [3.8, 4) is 0 Å². The van der Waals surface area contributed by atoms with E-state index in [9.17, 15) is 4.79 Å². The van der Waals surface area contributed by atoms with Crippen molar-refractivity contribution in [2.45, 2.75) is 44.1 Å². The lowest BCUT2D eigenvalue weighted by Gasteiger charge is -2.24. The Morgan fingerprint density at radius 3 is 2.50 bits per heavy atom. The Balaban J connectivity index is 2.14. The first kappa shape index (κ1) is 17.7. The molecule has 0 radical (unpaired) electrons. The highest BCUT2D eigenvalue weighted by atomic mass is 79.9. The number of benzene rings is 1. The second-order valence-electron chi connectivity index (χ2n) is 6.66. The van der Waals surface area contributed by atoms with Crippen LogP contribution in [0, 0.1) is 0 Å². The van der Waals surface area contributed by atoms with Crippen LogP contribution in [-0.2, 0) is 14.0 Å². The third kappa shape index (κ3) is 4.65. The van der Waals surface area contributed by atoms with Gasteiger partial charge in [-0.2, -0.15) is 0 Å². The van der Waals surface area contributed by atoms with Crippen LogP contribution in [0.25, 0.3) is 0 Å². The van der Waals surface area contributed by atoms with Crippen LogP contribution in [0.5, 0.6) is 0 Å². The van der Waals surface area contributed by atoms with Crippen LogP contribution < -0.4 is 5.32 Å². The molecule has 6 heteroatoms. The number of halogens is 1. The van der Waals surface area contributed by atoms with Crippen molar-refractivity contribution >= 4 is 30.2 Å². The van der Waals surface area contributed by atoms with E-state index in [1.807, 2.05) is 24.3 Å². The van der Waals surface area contributed by atoms with E-state index in [4.69, 9.17) is 9.16 Å². The first-order chi connectivity index (χ1) is 10.3. The Labute approximate surface area is 141 Å². The zero-order chi connectivity index (χ0) is 16.3. The highest BCUT2D eigenvalue weighted by Crippen LogP contribution is 2.29. The number of esters is 1. The molecule has 0 spiro atoms. The van der Waals surface area contributed by atoms with Crippen molar-refractivity contribution < 1.29 is 14.0 Å². The predicted molar refractivity (Wildman–Crippen MR) is 93.5 cm³/mol. The maximum atomic E-state index is 12.3. The SMILES string of the molecule is COC(=O)[C@H](c1ccc(Br)cc1)[C@@H]1C[C@@H](O[Si](C)(C)C)CN1. The summed E-state index contributed by atoms with van der Waals surface area (Å²) in [5, 5.41) is 3.44. The molecule has 3 atom stereocenters. The quantitative estimate of drug-likeness (QED) is 0.623. The summed E-state index contributed by atoms with van der Waals surface area (Å²) in [5.41, 5.74) is 0.973. The largest absolute Gasteiger partial charge is 0.469 e. The fourth-order valence-corrected chi connectivity index (χ4v) is 4.35. The summed E-state index contributed by atoms with van der Waals surface area (Å²) in [4.78, 5) is 12.3. The summed E-state index contributed by atoms with van der Waals surface area (Å²) >= 11 is 3.43. The lowest BCUT2D eigenvalue weighted by Crippen LogP contribution is -2.34. The number of rotatable bonds is 5. The van der Waals surface area contributed by atoms with Crippen molar-refractivity contribution in [3.63, 3.8) is 0 Å². The fourth-order valence-electron chi connectivity index (χ4n) is 2.91. The minimum absolute atomic E-state index is 0.0509. The average molecular weight is 386 g/mol. The van der Waals surface area contributed by atoms with E-state index >= 15 is 0 Å². The molecule has 0 unspecified atom stereocenters. The molecule has 1 fully saturated rings. The number of carbonyl (C=O) groups is 1. The van der Waals surface area contributed by atoms with Crippen LogP contribution in [0.3, 0.4) is 0 Å². The molecular formula is C16H24BrNO3Si. The molecule has 0 bridgehead atoms. The second kappa shape index (κ2) is 7.25. The molecule has 1 saturated heterocycles. The van der Waals surface area contributed by atoms with Gasteiger partial charge in [-0.15, -0.1) is 0 Å². The van der Waals surface area contributed by atoms with E-state index in [1.165, 1.54) is 7.11 Å². The maximum absolute atomic E-state index is 12.3. The number of methoxy groups -OCH3 is 1. The molecule has 1 aromatic carbocycles. The Morgan fingerprint density at radius 1 is 1.32 bits per heavy atom. The number of carbonyl (C=O) groups excluding carboxylic acids is 1. The van der Waals surface area contributed by atoms with Gasteiger partial charge in [0.1, 0.15) is 0 Å². The first-order valence-electron chi connectivity index (χ1n) is 7.54. The molecule has 2 rings (SSSR count). The second-order valence-corrected chi connectivity index (χ2v) is 12.0. The standard InChI is InChI=1S/C16H24BrNO3Si/c1-20-16(19)15(11-5-7-12(17)8-6-11)14-9-13(10-18-14)21-22(2,3)4/h5-8,13-15,18H,9-10H2,1-4H3/t13-,14+,15-/m1/s1. The normalized spacial score (nSPS) is 23.3. The van der Waals surface area contributed by atoms with Crippen LogP contribution in [0.2, 0.25) is 19.6 Å². The lowest BCUT2D eigenvalue weighted by molar-refractivity contribution is -0.143. The first-order valence-corrected chi connectivity index (χ1v) is 11.7. The zero-order valence-corrected chi connectivity index (χ0v) is 16.1. The van der Waals surface area contributed by atoms with Gasteiger partial charge in [-0.25, -0.2) is 0 Å². The summed E-state index contributed by atoms with van der Waals surface area (Å²) in [6, 6.07) is 7.90. The molecule has 1 aliphatic rings. The van der Waals surface area contributed by atoms with E-state index < -0.39 is 8.32 Å². The molecule has 122 valence electrons. The summed E-state index contributed by atoms with van der Waals surface area (Å²) in [6.45, 7) is 7.35. The molecule has 0 aromatic heterocycles. The van der Waals surface area contributed by atoms with E-state index in [0.29, 0.717) is 0 Å². The predicted octanol–water partition coefficient (Wildman–Crippen LogP) is 3.29. The highest BCUT2D eigenvalue weighted by Gasteiger charge is 2.38. The Kier molecular flexibility index (Phi) is 5.82. The van der Waals surface area contributed by atoms with Crippen molar-refractivity contribution in [2.24, 2.45) is 0 Å². The molecule has 0 saturated carbocycles. The van der Waals surface area contributed by atoms with Crippen molar-refractivity contribution in [2.75, 3.05) is 13.7 Å². The number of nitrogens with one attached hydrogen (secondary N) is 1. The van der Waals surface area contributed by atoms with Crippen molar-refractivity contribution in [3.05, 3.63) is 34.3 Å². The molecule has 1 aliphatic heterocycles. The van der Waals surface area contributed by atoms with E-state index in [2.05, 4.69) is 40.9 Å². The van der Waals surface area contributed by atoms with Crippen LogP contribution >= 0.6 is 15.9 Å². The maximum Gasteiger partial charge on any atom is 0.314 e. The Bertz CT molecular complexity index is 515. The molecule has 0 aliphatic carbocycles. The van der Waals surface area contributed by atoms with Gasteiger partial charge in [-0.1, -0.05) is 28.1 Å². The highest BCUT2D eigenvalue weighted by molar-refractivity contribution is 9.10. The third-order valence-corrected chi connectivity index (χ3v) is 5.30. The van der Waals surface area contributed by atoms with Gasteiger partial charge in [0.25, 0.3) is 0 Å². The lowest BCUT2D eigenvalue weighted by atomic mass is 9.90.